The fourth-order valence-electron chi connectivity index (χ4n) is 1.71. The molecule has 0 radical (unpaired) electrons. The van der Waals surface area contributed by atoms with Crippen molar-refractivity contribution in [1.82, 2.24) is 20.0 Å². The van der Waals surface area contributed by atoms with Gasteiger partial charge >= 0.3 is 5.97 Å². The molecule has 0 aliphatic carbocycles. The van der Waals surface area contributed by atoms with E-state index in [4.69, 9.17) is 0 Å². The smallest absolute Gasteiger partial charge is 0.360 e. The van der Waals surface area contributed by atoms with Crippen LogP contribution in [-0.2, 0) is 17.7 Å². The van der Waals surface area contributed by atoms with E-state index >= 15 is 0 Å². The van der Waals surface area contributed by atoms with Gasteiger partial charge in [0, 0.05) is 6.20 Å². The summed E-state index contributed by atoms with van der Waals surface area (Å²) in [5, 5.41) is 7.84. The zero-order chi connectivity index (χ0) is 13.0. The standard InChI is InChI=1S/C12H14N4O2/c1-3-10-11(12(17)18-2)14-15-16(10)8-9-6-4-5-7-13-9/h4-7H,3,8H2,1-2H3. The normalized spacial score (nSPS) is 10.3. The molecule has 6 nitrogen and oxygen atoms in total. The van der Waals surface area contributed by atoms with E-state index in [0.29, 0.717) is 13.0 Å². The van der Waals surface area contributed by atoms with Crippen LogP contribution in [0.1, 0.15) is 28.8 Å². The summed E-state index contributed by atoms with van der Waals surface area (Å²) < 4.78 is 6.35. The maximum absolute atomic E-state index is 11.5. The third-order valence-corrected chi connectivity index (χ3v) is 2.59. The predicted molar refractivity (Wildman–Crippen MR) is 64.1 cm³/mol. The Kier molecular flexibility index (Phi) is 3.66. The van der Waals surface area contributed by atoms with E-state index in [1.54, 1.807) is 10.9 Å². The quantitative estimate of drug-likeness (QED) is 0.755. The number of aromatic nitrogens is 4. The lowest BCUT2D eigenvalue weighted by atomic mass is 10.2. The number of pyridine rings is 1. The van der Waals surface area contributed by atoms with Gasteiger partial charge in [-0.25, -0.2) is 9.48 Å². The van der Waals surface area contributed by atoms with Gasteiger partial charge in [-0.2, -0.15) is 0 Å². The fourth-order valence-corrected chi connectivity index (χ4v) is 1.71. The van der Waals surface area contributed by atoms with Crippen molar-refractivity contribution in [3.63, 3.8) is 0 Å². The minimum absolute atomic E-state index is 0.274. The molecule has 18 heavy (non-hydrogen) atoms. The van der Waals surface area contributed by atoms with Gasteiger partial charge in [0.15, 0.2) is 5.69 Å². The number of esters is 1. The molecule has 0 saturated heterocycles. The summed E-state index contributed by atoms with van der Waals surface area (Å²) in [4.78, 5) is 15.7. The van der Waals surface area contributed by atoms with Crippen LogP contribution in [0.3, 0.4) is 0 Å². The van der Waals surface area contributed by atoms with Gasteiger partial charge in [-0.3, -0.25) is 4.98 Å². The molecule has 0 N–H and O–H groups in total. The number of carbonyl (C=O) groups is 1. The molecule has 0 aromatic carbocycles. The Morgan fingerprint density at radius 3 is 2.89 bits per heavy atom. The maximum atomic E-state index is 11.5. The van der Waals surface area contributed by atoms with E-state index in [1.165, 1.54) is 7.11 Å². The summed E-state index contributed by atoms with van der Waals surface area (Å²) in [6.07, 6.45) is 2.38. The predicted octanol–water partition coefficient (Wildman–Crippen LogP) is 1.07. The number of ether oxygens (including phenoxy) is 1. The molecule has 0 fully saturated rings. The summed E-state index contributed by atoms with van der Waals surface area (Å²) in [5.74, 6) is -0.459. The van der Waals surface area contributed by atoms with Crippen molar-refractivity contribution in [3.8, 4) is 0 Å². The van der Waals surface area contributed by atoms with Gasteiger partial charge in [0.2, 0.25) is 0 Å². The molecule has 0 aliphatic heterocycles. The van der Waals surface area contributed by atoms with Crippen LogP contribution >= 0.6 is 0 Å². The lowest BCUT2D eigenvalue weighted by molar-refractivity contribution is 0.0592. The summed E-state index contributed by atoms with van der Waals surface area (Å²) in [5.41, 5.74) is 1.90. The van der Waals surface area contributed by atoms with Crippen LogP contribution in [0.4, 0.5) is 0 Å². The Balaban J connectivity index is 2.29. The summed E-state index contributed by atoms with van der Waals surface area (Å²) in [6, 6.07) is 5.66. The second-order valence-corrected chi connectivity index (χ2v) is 3.71. The average molecular weight is 246 g/mol. The topological polar surface area (TPSA) is 69.9 Å². The summed E-state index contributed by atoms with van der Waals surface area (Å²) in [6.45, 7) is 2.44. The molecule has 0 amide bonds. The molecule has 0 saturated carbocycles. The first-order valence-corrected chi connectivity index (χ1v) is 5.66. The number of nitrogens with zero attached hydrogens (tertiary/aromatic N) is 4. The van der Waals surface area contributed by atoms with Crippen LogP contribution in [0.25, 0.3) is 0 Å². The highest BCUT2D eigenvalue weighted by atomic mass is 16.5. The van der Waals surface area contributed by atoms with Crippen molar-refractivity contribution in [2.75, 3.05) is 7.11 Å². The second-order valence-electron chi connectivity index (χ2n) is 3.71. The van der Waals surface area contributed by atoms with Crippen molar-refractivity contribution >= 4 is 5.97 Å². The zero-order valence-corrected chi connectivity index (χ0v) is 10.3. The van der Waals surface area contributed by atoms with Crippen LogP contribution in [0.5, 0.6) is 0 Å². The Morgan fingerprint density at radius 2 is 2.28 bits per heavy atom. The lowest BCUT2D eigenvalue weighted by Gasteiger charge is -2.04. The highest BCUT2D eigenvalue weighted by molar-refractivity contribution is 5.88. The number of rotatable bonds is 4. The number of carbonyl (C=O) groups excluding carboxylic acids is 1. The molecular weight excluding hydrogens is 232 g/mol. The van der Waals surface area contributed by atoms with Gasteiger partial charge in [0.1, 0.15) is 0 Å². The molecule has 6 heteroatoms. The molecular formula is C12H14N4O2. The third kappa shape index (κ3) is 2.37. The molecule has 0 unspecified atom stereocenters. The van der Waals surface area contributed by atoms with Crippen molar-refractivity contribution in [3.05, 3.63) is 41.5 Å². The Hall–Kier alpha value is -2.24. The Morgan fingerprint density at radius 1 is 1.44 bits per heavy atom. The fraction of sp³-hybridized carbons (Fsp3) is 0.333. The van der Waals surface area contributed by atoms with E-state index in [2.05, 4.69) is 20.0 Å². The van der Waals surface area contributed by atoms with Gasteiger partial charge in [-0.05, 0) is 18.6 Å². The average Bonchev–Trinajstić information content (AvgIpc) is 2.81. The molecule has 2 aromatic heterocycles. The largest absolute Gasteiger partial charge is 0.464 e. The Bertz CT molecular complexity index is 536. The van der Waals surface area contributed by atoms with Gasteiger partial charge < -0.3 is 4.74 Å². The second kappa shape index (κ2) is 5.39. The van der Waals surface area contributed by atoms with Crippen molar-refractivity contribution in [2.45, 2.75) is 19.9 Å². The van der Waals surface area contributed by atoms with Gasteiger partial charge in [0.05, 0.1) is 25.0 Å². The van der Waals surface area contributed by atoms with Crippen LogP contribution in [0.2, 0.25) is 0 Å². The number of hydrogen-bond donors (Lipinski definition) is 0. The third-order valence-electron chi connectivity index (χ3n) is 2.59. The van der Waals surface area contributed by atoms with E-state index < -0.39 is 5.97 Å². The van der Waals surface area contributed by atoms with E-state index in [9.17, 15) is 4.79 Å². The lowest BCUT2D eigenvalue weighted by Crippen LogP contribution is -2.10. The first kappa shape index (κ1) is 12.2. The number of hydrogen-bond acceptors (Lipinski definition) is 5. The van der Waals surface area contributed by atoms with E-state index in [-0.39, 0.29) is 5.69 Å². The summed E-state index contributed by atoms with van der Waals surface area (Å²) >= 11 is 0. The summed E-state index contributed by atoms with van der Waals surface area (Å²) in [7, 11) is 1.33. The van der Waals surface area contributed by atoms with Gasteiger partial charge in [-0.1, -0.05) is 18.2 Å². The molecule has 94 valence electrons. The molecule has 0 spiro atoms. The highest BCUT2D eigenvalue weighted by Crippen LogP contribution is 2.09. The first-order valence-electron chi connectivity index (χ1n) is 5.66. The molecule has 2 heterocycles. The van der Waals surface area contributed by atoms with Gasteiger partial charge in [-0.15, -0.1) is 5.10 Å². The molecule has 0 atom stereocenters. The zero-order valence-electron chi connectivity index (χ0n) is 10.3. The van der Waals surface area contributed by atoms with Crippen LogP contribution in [-0.4, -0.2) is 33.1 Å². The maximum Gasteiger partial charge on any atom is 0.360 e. The van der Waals surface area contributed by atoms with Gasteiger partial charge in [0.25, 0.3) is 0 Å². The van der Waals surface area contributed by atoms with Crippen LogP contribution in [0, 0.1) is 0 Å². The van der Waals surface area contributed by atoms with Crippen LogP contribution in [0.15, 0.2) is 24.4 Å². The highest BCUT2D eigenvalue weighted by Gasteiger charge is 2.18. The van der Waals surface area contributed by atoms with Crippen LogP contribution < -0.4 is 0 Å². The van der Waals surface area contributed by atoms with E-state index in [0.717, 1.165) is 11.4 Å². The van der Waals surface area contributed by atoms with E-state index in [1.807, 2.05) is 25.1 Å². The van der Waals surface area contributed by atoms with Crippen molar-refractivity contribution < 1.29 is 9.53 Å². The molecule has 0 aliphatic rings. The number of methoxy groups -OCH3 is 1. The Labute approximate surface area is 105 Å². The minimum Gasteiger partial charge on any atom is -0.464 e. The molecule has 0 bridgehead atoms. The minimum atomic E-state index is -0.459. The van der Waals surface area contributed by atoms with Crippen molar-refractivity contribution in [1.29, 1.82) is 0 Å². The molecule has 2 aromatic rings. The molecule has 2 rings (SSSR count). The van der Waals surface area contributed by atoms with Crippen molar-refractivity contribution in [2.24, 2.45) is 0 Å². The monoisotopic (exact) mass is 246 g/mol. The SMILES string of the molecule is CCc1c(C(=O)OC)nnn1Cc1ccccn1. The first-order chi connectivity index (χ1) is 8.76.